The van der Waals surface area contributed by atoms with Crippen LogP contribution in [-0.2, 0) is 28.5 Å². The van der Waals surface area contributed by atoms with E-state index < -0.39 is 27.1 Å². The van der Waals surface area contributed by atoms with Crippen molar-refractivity contribution in [2.45, 2.75) is 36.3 Å². The first-order valence-electron chi connectivity index (χ1n) is 8.94. The van der Waals surface area contributed by atoms with Crippen molar-refractivity contribution in [3.63, 3.8) is 0 Å². The van der Waals surface area contributed by atoms with Crippen molar-refractivity contribution in [1.82, 2.24) is 24.7 Å². The number of rotatable bonds is 4. The van der Waals surface area contributed by atoms with Crippen LogP contribution in [0.1, 0.15) is 31.0 Å². The van der Waals surface area contributed by atoms with Crippen LogP contribution in [0.3, 0.4) is 0 Å². The van der Waals surface area contributed by atoms with Gasteiger partial charge in [0, 0.05) is 19.3 Å². The summed E-state index contributed by atoms with van der Waals surface area (Å²) < 4.78 is 65.7. The van der Waals surface area contributed by atoms with Crippen molar-refractivity contribution in [3.8, 4) is 17.6 Å². The second-order valence-electron chi connectivity index (χ2n) is 7.10. The number of hydrogen-bond donors (Lipinski definition) is 0. The van der Waals surface area contributed by atoms with Crippen LogP contribution >= 0.6 is 0 Å². The molecule has 0 atom stereocenters. The molecule has 12 heteroatoms. The van der Waals surface area contributed by atoms with Crippen LogP contribution in [-0.4, -0.2) is 38.9 Å². The topological polar surface area (TPSA) is 114 Å². The van der Waals surface area contributed by atoms with Gasteiger partial charge in [-0.3, -0.25) is 4.98 Å². The molecule has 0 radical (unpaired) electrons. The molecule has 3 aromatic heterocycles. The van der Waals surface area contributed by atoms with Gasteiger partial charge in [0.2, 0.25) is 0 Å². The van der Waals surface area contributed by atoms with Crippen LogP contribution in [0.2, 0.25) is 0 Å². The highest BCUT2D eigenvalue weighted by Crippen LogP contribution is 2.48. The Morgan fingerprint density at radius 1 is 1.27 bits per heavy atom. The molecule has 1 fully saturated rings. The van der Waals surface area contributed by atoms with Crippen molar-refractivity contribution in [1.29, 1.82) is 5.26 Å². The van der Waals surface area contributed by atoms with Gasteiger partial charge in [-0.1, -0.05) is 6.92 Å². The maximum absolute atomic E-state index is 13.0. The molecule has 0 spiro atoms. The van der Waals surface area contributed by atoms with Gasteiger partial charge in [-0.05, 0) is 24.5 Å². The molecule has 0 aromatic carbocycles. The van der Waals surface area contributed by atoms with Gasteiger partial charge >= 0.3 is 6.18 Å². The lowest BCUT2D eigenvalue weighted by Crippen LogP contribution is -2.12. The minimum Gasteiger partial charge on any atom is -0.309 e. The van der Waals surface area contributed by atoms with E-state index in [0.717, 1.165) is 6.07 Å². The highest BCUT2D eigenvalue weighted by atomic mass is 32.2. The first kappa shape index (κ1) is 20.2. The van der Waals surface area contributed by atoms with Crippen molar-refractivity contribution >= 4 is 21.0 Å². The van der Waals surface area contributed by atoms with E-state index in [2.05, 4.69) is 26.2 Å². The third kappa shape index (κ3) is 3.09. The first-order valence-corrected chi connectivity index (χ1v) is 10.6. The third-order valence-corrected chi connectivity index (χ3v) is 6.94. The zero-order valence-corrected chi connectivity index (χ0v) is 16.7. The summed E-state index contributed by atoms with van der Waals surface area (Å²) in [6.45, 7) is 1.47. The first-order chi connectivity index (χ1) is 14.0. The number of hydrogen-bond acceptors (Lipinski definition) is 7. The molecule has 1 saturated carbocycles. The monoisotopic (exact) mass is 436 g/mol. The number of fused-ring (bicyclic) bond motifs is 1. The number of pyridine rings is 1. The molecule has 0 aliphatic heterocycles. The summed E-state index contributed by atoms with van der Waals surface area (Å²) in [6, 6.07) is 4.37. The van der Waals surface area contributed by atoms with E-state index in [9.17, 15) is 26.9 Å². The molecule has 4 rings (SSSR count). The molecular weight excluding hydrogens is 421 g/mol. The molecule has 8 nitrogen and oxygen atoms in total. The zero-order chi connectivity index (χ0) is 21.9. The summed E-state index contributed by atoms with van der Waals surface area (Å²) in [7, 11) is -2.28. The maximum atomic E-state index is 13.0. The Labute approximate surface area is 169 Å². The van der Waals surface area contributed by atoms with E-state index in [1.165, 1.54) is 30.8 Å². The summed E-state index contributed by atoms with van der Waals surface area (Å²) in [5.41, 5.74) is -1.49. The fourth-order valence-corrected chi connectivity index (χ4v) is 4.25. The SMILES string of the molecule is CCS(=O)(=O)c1cc(C2(C#N)CC2)cnc1-c1nc2cc(C(F)(F)F)nnc2n1C. The molecule has 0 saturated heterocycles. The molecule has 0 unspecified atom stereocenters. The molecule has 0 bridgehead atoms. The molecule has 3 aromatic rings. The third-order valence-electron chi connectivity index (χ3n) is 5.20. The van der Waals surface area contributed by atoms with E-state index in [-0.39, 0.29) is 33.3 Å². The van der Waals surface area contributed by atoms with Gasteiger partial charge in [0.1, 0.15) is 11.2 Å². The van der Waals surface area contributed by atoms with Crippen LogP contribution in [0.25, 0.3) is 22.7 Å². The largest absolute Gasteiger partial charge is 0.435 e. The smallest absolute Gasteiger partial charge is 0.309 e. The minimum absolute atomic E-state index is 0.0107. The molecule has 156 valence electrons. The molecule has 1 aliphatic carbocycles. The Morgan fingerprint density at radius 2 is 1.97 bits per heavy atom. The molecule has 1 aliphatic rings. The molecule has 0 amide bonds. The van der Waals surface area contributed by atoms with E-state index in [0.29, 0.717) is 18.4 Å². The zero-order valence-electron chi connectivity index (χ0n) is 15.9. The normalized spacial score (nSPS) is 15.9. The summed E-state index contributed by atoms with van der Waals surface area (Å²) in [4.78, 5) is 8.30. The Hall–Kier alpha value is -3.07. The number of aryl methyl sites for hydroxylation is 1. The number of alkyl halides is 3. The van der Waals surface area contributed by atoms with Gasteiger partial charge in [0.05, 0.1) is 22.1 Å². The van der Waals surface area contributed by atoms with Crippen molar-refractivity contribution in [3.05, 3.63) is 29.6 Å². The fraction of sp³-hybridized carbons (Fsp3) is 0.389. The van der Waals surface area contributed by atoms with E-state index in [1.54, 1.807) is 0 Å². The van der Waals surface area contributed by atoms with Gasteiger partial charge in [-0.2, -0.15) is 18.4 Å². The Balaban J connectivity index is 1.95. The highest BCUT2D eigenvalue weighted by Gasteiger charge is 2.46. The predicted octanol–water partition coefficient (Wildman–Crippen LogP) is 2.79. The summed E-state index contributed by atoms with van der Waals surface area (Å²) in [6.07, 6.45) is -2.05. The molecule has 0 N–H and O–H groups in total. The number of aromatic nitrogens is 5. The standard InChI is InChI=1S/C18H15F3N6O2S/c1-3-30(28,29)12-6-10(17(9-22)4-5-17)8-23-14(12)16-24-11-7-13(18(19,20)21)25-26-15(11)27(16)2/h6-8H,3-5H2,1-2H3. The second kappa shape index (κ2) is 6.46. The van der Waals surface area contributed by atoms with Gasteiger partial charge < -0.3 is 4.57 Å². The Bertz CT molecular complexity index is 1320. The molecule has 3 heterocycles. The summed E-state index contributed by atoms with van der Waals surface area (Å²) >= 11 is 0. The van der Waals surface area contributed by atoms with Gasteiger partial charge in [-0.25, -0.2) is 13.4 Å². The van der Waals surface area contributed by atoms with Crippen LogP contribution in [0.15, 0.2) is 23.2 Å². The lowest BCUT2D eigenvalue weighted by atomic mass is 9.99. The van der Waals surface area contributed by atoms with Crippen molar-refractivity contribution in [2.24, 2.45) is 7.05 Å². The number of imidazole rings is 1. The highest BCUT2D eigenvalue weighted by molar-refractivity contribution is 7.91. The molecular formula is C18H15F3N6O2S. The van der Waals surface area contributed by atoms with Gasteiger partial charge in [-0.15, -0.1) is 10.2 Å². The quantitative estimate of drug-likeness (QED) is 0.618. The van der Waals surface area contributed by atoms with Crippen LogP contribution in [0, 0.1) is 11.3 Å². The average molecular weight is 436 g/mol. The lowest BCUT2D eigenvalue weighted by Gasteiger charge is -2.13. The Kier molecular flexibility index (Phi) is 4.36. The summed E-state index contributed by atoms with van der Waals surface area (Å²) in [5.74, 6) is -0.175. The van der Waals surface area contributed by atoms with Crippen LogP contribution in [0.5, 0.6) is 0 Å². The predicted molar refractivity (Wildman–Crippen MR) is 98.8 cm³/mol. The van der Waals surface area contributed by atoms with Crippen LogP contribution < -0.4 is 0 Å². The number of halogens is 3. The fourth-order valence-electron chi connectivity index (χ4n) is 3.19. The lowest BCUT2D eigenvalue weighted by molar-refractivity contribution is -0.141. The number of sulfone groups is 1. The minimum atomic E-state index is -4.69. The number of nitriles is 1. The maximum Gasteiger partial charge on any atom is 0.435 e. The van der Waals surface area contributed by atoms with Crippen LogP contribution in [0.4, 0.5) is 13.2 Å². The van der Waals surface area contributed by atoms with E-state index in [1.807, 2.05) is 0 Å². The summed E-state index contributed by atoms with van der Waals surface area (Å²) in [5, 5.41) is 16.2. The van der Waals surface area contributed by atoms with Crippen molar-refractivity contribution < 1.29 is 21.6 Å². The average Bonchev–Trinajstić information content (AvgIpc) is 3.45. The number of nitrogens with zero attached hydrogens (tertiary/aromatic N) is 6. The van der Waals surface area contributed by atoms with Gasteiger partial charge in [0.15, 0.2) is 27.0 Å². The van der Waals surface area contributed by atoms with Gasteiger partial charge in [0.25, 0.3) is 0 Å². The Morgan fingerprint density at radius 3 is 2.53 bits per heavy atom. The van der Waals surface area contributed by atoms with Crippen molar-refractivity contribution in [2.75, 3.05) is 5.75 Å². The second-order valence-corrected chi connectivity index (χ2v) is 9.35. The van der Waals surface area contributed by atoms with E-state index >= 15 is 0 Å². The van der Waals surface area contributed by atoms with E-state index in [4.69, 9.17) is 0 Å². The molecule has 30 heavy (non-hydrogen) atoms.